The Bertz CT molecular complexity index is 1090. The largest absolute Gasteiger partial charge is 0.356 e. The van der Waals surface area contributed by atoms with Gasteiger partial charge < -0.3 is 15.5 Å². The van der Waals surface area contributed by atoms with E-state index in [1.165, 1.54) is 22.3 Å². The minimum atomic E-state index is 0.0941. The molecule has 1 saturated heterocycles. The molecule has 4 heteroatoms. The van der Waals surface area contributed by atoms with Crippen molar-refractivity contribution in [2.24, 2.45) is 0 Å². The maximum absolute atomic E-state index is 12.8. The molecule has 170 valence electrons. The average Bonchev–Trinajstić information content (AvgIpc) is 2.87. The molecule has 33 heavy (non-hydrogen) atoms. The van der Waals surface area contributed by atoms with Crippen LogP contribution >= 0.6 is 0 Å². The molecule has 1 fully saturated rings. The van der Waals surface area contributed by atoms with Gasteiger partial charge in [0.25, 0.3) is 5.91 Å². The van der Waals surface area contributed by atoms with Crippen LogP contribution in [0.2, 0.25) is 0 Å². The predicted octanol–water partition coefficient (Wildman–Crippen LogP) is 6.10. The van der Waals surface area contributed by atoms with Gasteiger partial charge in [0.1, 0.15) is 0 Å². The fraction of sp³-hybridized carbons (Fsp3) is 0.276. The molecule has 3 aromatic rings. The van der Waals surface area contributed by atoms with Crippen LogP contribution in [0.15, 0.2) is 84.4 Å². The summed E-state index contributed by atoms with van der Waals surface area (Å²) in [4.78, 5) is 14.6. The zero-order valence-corrected chi connectivity index (χ0v) is 19.6. The third-order valence-electron chi connectivity index (χ3n) is 6.25. The molecule has 1 heterocycles. The van der Waals surface area contributed by atoms with Crippen molar-refractivity contribution in [1.82, 2.24) is 10.2 Å². The molecular formula is C29H33N3O. The van der Waals surface area contributed by atoms with E-state index in [-0.39, 0.29) is 5.91 Å². The summed E-state index contributed by atoms with van der Waals surface area (Å²) in [5, 5.41) is 6.99. The predicted molar refractivity (Wildman–Crippen MR) is 138 cm³/mol. The molecule has 0 radical (unpaired) electrons. The van der Waals surface area contributed by atoms with Crippen LogP contribution in [0.4, 0.5) is 11.4 Å². The van der Waals surface area contributed by atoms with E-state index in [9.17, 15) is 4.79 Å². The Morgan fingerprint density at radius 2 is 1.42 bits per heavy atom. The first-order valence-corrected chi connectivity index (χ1v) is 11.9. The second kappa shape index (κ2) is 11.0. The highest BCUT2D eigenvalue weighted by molar-refractivity contribution is 5.95. The van der Waals surface area contributed by atoms with E-state index >= 15 is 0 Å². The molecule has 2 N–H and O–H groups in total. The molecule has 0 atom stereocenters. The minimum Gasteiger partial charge on any atom is -0.356 e. The number of nitrogens with one attached hydrogen (secondary N) is 2. The van der Waals surface area contributed by atoms with Gasteiger partial charge in [-0.25, -0.2) is 0 Å². The molecule has 1 aliphatic heterocycles. The third kappa shape index (κ3) is 5.52. The lowest BCUT2D eigenvalue weighted by Gasteiger charge is -2.22. The Morgan fingerprint density at radius 3 is 2.09 bits per heavy atom. The highest BCUT2D eigenvalue weighted by atomic mass is 16.2. The van der Waals surface area contributed by atoms with Crippen molar-refractivity contribution in [3.05, 3.63) is 101 Å². The molecular weight excluding hydrogens is 406 g/mol. The summed E-state index contributed by atoms with van der Waals surface area (Å²) in [6.07, 6.45) is 2.07. The smallest absolute Gasteiger partial charge is 0.253 e. The van der Waals surface area contributed by atoms with Gasteiger partial charge in [0.15, 0.2) is 0 Å². The second-order valence-electron chi connectivity index (χ2n) is 8.36. The van der Waals surface area contributed by atoms with Crippen LogP contribution in [0.5, 0.6) is 0 Å². The average molecular weight is 440 g/mol. The zero-order valence-electron chi connectivity index (χ0n) is 19.6. The first kappa shape index (κ1) is 22.8. The number of amides is 1. The van der Waals surface area contributed by atoms with Crippen LogP contribution < -0.4 is 10.6 Å². The van der Waals surface area contributed by atoms with Crippen molar-refractivity contribution in [2.75, 3.05) is 31.5 Å². The Kier molecular flexibility index (Phi) is 7.59. The van der Waals surface area contributed by atoms with Gasteiger partial charge in [0.05, 0.1) is 0 Å². The van der Waals surface area contributed by atoms with Crippen LogP contribution in [-0.4, -0.2) is 37.0 Å². The van der Waals surface area contributed by atoms with Gasteiger partial charge in [-0.15, -0.1) is 0 Å². The molecule has 0 aromatic heterocycles. The fourth-order valence-electron chi connectivity index (χ4n) is 4.47. The van der Waals surface area contributed by atoms with Crippen molar-refractivity contribution >= 4 is 22.9 Å². The maximum atomic E-state index is 12.8. The van der Waals surface area contributed by atoms with E-state index in [1.807, 2.05) is 49.1 Å². The van der Waals surface area contributed by atoms with Crippen molar-refractivity contribution in [3.8, 4) is 0 Å². The summed E-state index contributed by atoms with van der Waals surface area (Å²) in [5.41, 5.74) is 8.01. The SMILES string of the molecule is CCN(CC)C(=O)c1ccc(C(=C2CCNCC2)c2cccc(Nc3ccccc3)c2)cc1. The fourth-order valence-corrected chi connectivity index (χ4v) is 4.47. The molecule has 1 amide bonds. The summed E-state index contributed by atoms with van der Waals surface area (Å²) in [5.74, 6) is 0.0941. The van der Waals surface area contributed by atoms with E-state index in [1.54, 1.807) is 0 Å². The Balaban J connectivity index is 1.69. The van der Waals surface area contributed by atoms with Crippen molar-refractivity contribution < 1.29 is 4.79 Å². The van der Waals surface area contributed by atoms with E-state index in [2.05, 4.69) is 59.2 Å². The molecule has 0 unspecified atom stereocenters. The number of piperidine rings is 1. The summed E-state index contributed by atoms with van der Waals surface area (Å²) >= 11 is 0. The Labute approximate surface area is 197 Å². The number of hydrogen-bond donors (Lipinski definition) is 2. The number of rotatable bonds is 7. The van der Waals surface area contributed by atoms with Crippen LogP contribution in [0.1, 0.15) is 48.2 Å². The second-order valence-corrected chi connectivity index (χ2v) is 8.36. The lowest BCUT2D eigenvalue weighted by molar-refractivity contribution is 0.0773. The highest BCUT2D eigenvalue weighted by Gasteiger charge is 2.17. The zero-order chi connectivity index (χ0) is 23.0. The van der Waals surface area contributed by atoms with Crippen molar-refractivity contribution in [1.29, 1.82) is 0 Å². The molecule has 4 rings (SSSR count). The molecule has 0 aliphatic carbocycles. The van der Waals surface area contributed by atoms with E-state index < -0.39 is 0 Å². The van der Waals surface area contributed by atoms with E-state index in [0.717, 1.165) is 56.0 Å². The number of carbonyl (C=O) groups excluding carboxylic acids is 1. The number of anilines is 2. The molecule has 0 spiro atoms. The normalized spacial score (nSPS) is 13.5. The van der Waals surface area contributed by atoms with Gasteiger partial charge in [-0.3, -0.25) is 4.79 Å². The quantitative estimate of drug-likeness (QED) is 0.468. The summed E-state index contributed by atoms with van der Waals surface area (Å²) in [7, 11) is 0. The van der Waals surface area contributed by atoms with E-state index in [0.29, 0.717) is 0 Å². The lowest BCUT2D eigenvalue weighted by Crippen LogP contribution is -2.30. The van der Waals surface area contributed by atoms with Gasteiger partial charge in [-0.2, -0.15) is 0 Å². The van der Waals surface area contributed by atoms with Crippen LogP contribution in [0.3, 0.4) is 0 Å². The molecule has 3 aromatic carbocycles. The van der Waals surface area contributed by atoms with Crippen LogP contribution in [-0.2, 0) is 0 Å². The number of para-hydroxylation sites is 1. The number of nitrogens with zero attached hydrogens (tertiary/aromatic N) is 1. The first-order valence-electron chi connectivity index (χ1n) is 11.9. The van der Waals surface area contributed by atoms with E-state index in [4.69, 9.17) is 0 Å². The summed E-state index contributed by atoms with van der Waals surface area (Å²) < 4.78 is 0. The van der Waals surface area contributed by atoms with Crippen LogP contribution in [0, 0.1) is 0 Å². The van der Waals surface area contributed by atoms with Gasteiger partial charge >= 0.3 is 0 Å². The molecule has 4 nitrogen and oxygen atoms in total. The van der Waals surface area contributed by atoms with Crippen molar-refractivity contribution in [3.63, 3.8) is 0 Å². The van der Waals surface area contributed by atoms with Gasteiger partial charge in [-0.1, -0.05) is 48.0 Å². The first-order chi connectivity index (χ1) is 16.2. The lowest BCUT2D eigenvalue weighted by atomic mass is 9.88. The Morgan fingerprint density at radius 1 is 0.788 bits per heavy atom. The number of carbonyl (C=O) groups is 1. The minimum absolute atomic E-state index is 0.0941. The summed E-state index contributed by atoms with van der Waals surface area (Å²) in [6, 6.07) is 27.1. The highest BCUT2D eigenvalue weighted by Crippen LogP contribution is 2.33. The van der Waals surface area contributed by atoms with Gasteiger partial charge in [0.2, 0.25) is 0 Å². The summed E-state index contributed by atoms with van der Waals surface area (Å²) in [6.45, 7) is 7.48. The standard InChI is InChI=1S/C29H33N3O/c1-3-32(4-2)29(33)24-15-13-22(14-16-24)28(23-17-19-30-20-18-23)25-9-8-12-27(21-25)31-26-10-6-5-7-11-26/h5-16,21,30-31H,3-4,17-20H2,1-2H3. The third-order valence-corrected chi connectivity index (χ3v) is 6.25. The topological polar surface area (TPSA) is 44.4 Å². The maximum Gasteiger partial charge on any atom is 0.253 e. The van der Waals surface area contributed by atoms with Crippen molar-refractivity contribution in [2.45, 2.75) is 26.7 Å². The molecule has 0 saturated carbocycles. The Hall–Kier alpha value is -3.37. The van der Waals surface area contributed by atoms with Crippen LogP contribution in [0.25, 0.3) is 5.57 Å². The molecule has 0 bridgehead atoms. The monoisotopic (exact) mass is 439 g/mol. The number of hydrogen-bond acceptors (Lipinski definition) is 3. The molecule has 1 aliphatic rings. The van der Waals surface area contributed by atoms with Gasteiger partial charge in [0, 0.05) is 30.0 Å². The van der Waals surface area contributed by atoms with Gasteiger partial charge in [-0.05, 0) is 92.9 Å². The number of benzene rings is 3.